The van der Waals surface area contributed by atoms with Gasteiger partial charge in [0, 0.05) is 28.2 Å². The number of carbonyl (C=O) groups excluding carboxylic acids is 4. The average Bonchev–Trinajstić information content (AvgIpc) is 3.62. The van der Waals surface area contributed by atoms with E-state index in [1.54, 1.807) is 33.8 Å². The molecule has 11 heteroatoms. The molecular formula is C32H40O11. The van der Waals surface area contributed by atoms with E-state index >= 15 is 0 Å². The largest absolute Gasteiger partial charge is 0.472 e. The molecule has 3 aliphatic heterocycles. The molecule has 1 aromatic rings. The first kappa shape index (κ1) is 30.0. The molecule has 1 spiro atoms. The fourth-order valence-electron chi connectivity index (χ4n) is 9.14. The van der Waals surface area contributed by atoms with Crippen LogP contribution in [0, 0.1) is 34.0 Å². The molecule has 11 nitrogen and oxygen atoms in total. The SMILES string of the molecule is C=C1[C@@H]2C[C@@]3(C)[C@H](c4ccoc4)OC(=O)C[C@]13O[C@H]1C(=O)[C@H](OC(=O)[C@H](C)CC)C(C)(C)C3[C@H](C(=O)OC)O[C@]2(O)[C@]31C. The van der Waals surface area contributed by atoms with E-state index in [4.69, 9.17) is 28.1 Å². The highest BCUT2D eigenvalue weighted by Gasteiger charge is 2.85. The van der Waals surface area contributed by atoms with Gasteiger partial charge >= 0.3 is 17.9 Å². The minimum absolute atomic E-state index is 0.204. The molecule has 4 heterocycles. The first-order valence-electron chi connectivity index (χ1n) is 14.9. The summed E-state index contributed by atoms with van der Waals surface area (Å²) in [5.74, 6) is -6.84. The van der Waals surface area contributed by atoms with E-state index in [1.807, 2.05) is 13.8 Å². The quantitative estimate of drug-likeness (QED) is 0.301. The lowest BCUT2D eigenvalue weighted by molar-refractivity contribution is -0.307. The summed E-state index contributed by atoms with van der Waals surface area (Å²) in [5, 5.41) is 12.8. The second-order valence-corrected chi connectivity index (χ2v) is 14.0. The predicted octanol–water partition coefficient (Wildman–Crippen LogP) is 3.44. The third-order valence-corrected chi connectivity index (χ3v) is 11.6. The summed E-state index contributed by atoms with van der Waals surface area (Å²) in [6.07, 6.45) is -1.58. The van der Waals surface area contributed by atoms with Crippen molar-refractivity contribution in [3.8, 4) is 0 Å². The fourth-order valence-corrected chi connectivity index (χ4v) is 9.14. The number of rotatable bonds is 5. The molecule has 1 unspecified atom stereocenters. The molecule has 2 aliphatic carbocycles. The predicted molar refractivity (Wildman–Crippen MR) is 147 cm³/mol. The van der Waals surface area contributed by atoms with Gasteiger partial charge in [0.2, 0.25) is 5.78 Å². The van der Waals surface area contributed by atoms with Gasteiger partial charge in [0.05, 0.1) is 37.4 Å². The summed E-state index contributed by atoms with van der Waals surface area (Å²) >= 11 is 0. The average molecular weight is 601 g/mol. The van der Waals surface area contributed by atoms with Crippen LogP contribution in [0.4, 0.5) is 0 Å². The van der Waals surface area contributed by atoms with E-state index in [0.29, 0.717) is 17.6 Å². The maximum Gasteiger partial charge on any atom is 0.335 e. The standard InChI is InChI=1S/C32H40O11/c1-9-15(2)26(35)41-24-20(34)25-30(7)22(28(24,4)5)21(27(36)38-8)42-32(30,37)18-12-29(6)23(17-10-11-39-14-17)40-19(33)13-31(29,43-25)16(18)3/h10-11,14-15,18,21-25,37H,3,9,12-13H2,1-2,4-8H3/t15-,18+,21-,22?,23+,24+,25+,29+,30-,31+,32+/m1/s1. The maximum absolute atomic E-state index is 14.7. The number of cyclic esters (lactones) is 1. The third-order valence-electron chi connectivity index (χ3n) is 11.6. The van der Waals surface area contributed by atoms with Crippen LogP contribution in [0.25, 0.3) is 0 Å². The molecule has 2 saturated carbocycles. The van der Waals surface area contributed by atoms with Gasteiger partial charge in [0.15, 0.2) is 18.0 Å². The number of ketones is 1. The first-order valence-corrected chi connectivity index (χ1v) is 14.9. The van der Waals surface area contributed by atoms with Gasteiger partial charge in [-0.1, -0.05) is 48.1 Å². The second-order valence-electron chi connectivity index (χ2n) is 14.0. The molecule has 11 atom stereocenters. The Hall–Kier alpha value is -3.02. The fraction of sp³-hybridized carbons (Fsp3) is 0.688. The summed E-state index contributed by atoms with van der Waals surface area (Å²) in [6.45, 7) is 14.9. The number of hydrogen-bond acceptors (Lipinski definition) is 11. The van der Waals surface area contributed by atoms with E-state index in [2.05, 4.69) is 6.58 Å². The summed E-state index contributed by atoms with van der Waals surface area (Å²) in [5.41, 5.74) is -4.25. The second kappa shape index (κ2) is 9.25. The van der Waals surface area contributed by atoms with Crippen LogP contribution in [0.5, 0.6) is 0 Å². The molecule has 0 amide bonds. The smallest absolute Gasteiger partial charge is 0.335 e. The Morgan fingerprint density at radius 1 is 1.16 bits per heavy atom. The van der Waals surface area contributed by atoms with Gasteiger partial charge in [0.1, 0.15) is 17.8 Å². The number of hydrogen-bond donors (Lipinski definition) is 1. The zero-order valence-corrected chi connectivity index (χ0v) is 25.6. The van der Waals surface area contributed by atoms with Crippen molar-refractivity contribution in [3.05, 3.63) is 36.3 Å². The van der Waals surface area contributed by atoms with Crippen molar-refractivity contribution < 1.29 is 52.4 Å². The van der Waals surface area contributed by atoms with Gasteiger partial charge in [-0.05, 0) is 24.5 Å². The number of fused-ring (bicyclic) bond motifs is 2. The normalized spacial score (nSPS) is 45.0. The van der Waals surface area contributed by atoms with E-state index < -0.39 is 93.5 Å². The van der Waals surface area contributed by atoms with Crippen molar-refractivity contribution >= 4 is 23.7 Å². The van der Waals surface area contributed by atoms with Crippen LogP contribution in [-0.4, -0.2) is 65.6 Å². The molecule has 5 fully saturated rings. The molecular weight excluding hydrogens is 560 g/mol. The number of methoxy groups -OCH3 is 1. The topological polar surface area (TPSA) is 148 Å². The lowest BCUT2D eigenvalue weighted by Crippen LogP contribution is -2.71. The monoisotopic (exact) mass is 600 g/mol. The van der Waals surface area contributed by atoms with Crippen LogP contribution < -0.4 is 0 Å². The lowest BCUT2D eigenvalue weighted by Gasteiger charge is -2.59. The van der Waals surface area contributed by atoms with E-state index in [9.17, 15) is 24.3 Å². The van der Waals surface area contributed by atoms with Crippen LogP contribution in [-0.2, 0) is 42.9 Å². The van der Waals surface area contributed by atoms with Crippen molar-refractivity contribution in [3.63, 3.8) is 0 Å². The zero-order valence-electron chi connectivity index (χ0n) is 25.6. The van der Waals surface area contributed by atoms with Crippen molar-refractivity contribution in [2.45, 2.75) is 96.6 Å². The van der Waals surface area contributed by atoms with Crippen molar-refractivity contribution in [2.24, 2.45) is 34.0 Å². The number of Topliss-reactive ketones (excluding diaryl/α,β-unsaturated/α-hetero) is 1. The zero-order chi connectivity index (χ0) is 31.5. The molecule has 0 radical (unpaired) electrons. The Labute approximate surface area is 250 Å². The highest BCUT2D eigenvalue weighted by atomic mass is 16.7. The van der Waals surface area contributed by atoms with Gasteiger partial charge in [-0.25, -0.2) is 4.79 Å². The van der Waals surface area contributed by atoms with Crippen LogP contribution in [0.2, 0.25) is 0 Å². The molecule has 43 heavy (non-hydrogen) atoms. The highest BCUT2D eigenvalue weighted by molar-refractivity contribution is 5.93. The van der Waals surface area contributed by atoms with Crippen LogP contribution in [0.15, 0.2) is 35.2 Å². The molecule has 234 valence electrons. The lowest BCUT2D eigenvalue weighted by atomic mass is 9.49. The van der Waals surface area contributed by atoms with Gasteiger partial charge in [-0.2, -0.15) is 0 Å². The third kappa shape index (κ3) is 3.47. The summed E-state index contributed by atoms with van der Waals surface area (Å²) in [7, 11) is 1.22. The van der Waals surface area contributed by atoms with Gasteiger partial charge in [-0.3, -0.25) is 14.4 Å². The number of carbonyl (C=O) groups is 4. The summed E-state index contributed by atoms with van der Waals surface area (Å²) in [4.78, 5) is 54.4. The van der Waals surface area contributed by atoms with Crippen LogP contribution in [0.3, 0.4) is 0 Å². The van der Waals surface area contributed by atoms with E-state index in [1.165, 1.54) is 19.6 Å². The molecule has 5 aliphatic rings. The Bertz CT molecular complexity index is 1400. The summed E-state index contributed by atoms with van der Waals surface area (Å²) in [6, 6.07) is 1.69. The van der Waals surface area contributed by atoms with Crippen molar-refractivity contribution in [2.75, 3.05) is 7.11 Å². The van der Waals surface area contributed by atoms with Crippen LogP contribution >= 0.6 is 0 Å². The van der Waals surface area contributed by atoms with Crippen LogP contribution in [0.1, 0.15) is 72.5 Å². The van der Waals surface area contributed by atoms with Gasteiger partial charge in [0.25, 0.3) is 0 Å². The molecule has 0 aromatic carbocycles. The molecule has 3 saturated heterocycles. The first-order chi connectivity index (χ1) is 20.0. The highest BCUT2D eigenvalue weighted by Crippen LogP contribution is 2.75. The number of ether oxygens (including phenoxy) is 5. The summed E-state index contributed by atoms with van der Waals surface area (Å²) < 4.78 is 35.7. The van der Waals surface area contributed by atoms with Gasteiger partial charge in [-0.15, -0.1) is 0 Å². The Morgan fingerprint density at radius 2 is 1.86 bits per heavy atom. The minimum atomic E-state index is -2.15. The van der Waals surface area contributed by atoms with E-state index in [-0.39, 0.29) is 12.8 Å². The van der Waals surface area contributed by atoms with Crippen molar-refractivity contribution in [1.82, 2.24) is 0 Å². The minimum Gasteiger partial charge on any atom is -0.472 e. The number of furan rings is 1. The molecule has 6 rings (SSSR count). The maximum atomic E-state index is 14.7. The van der Waals surface area contributed by atoms with E-state index in [0.717, 1.165) is 0 Å². The molecule has 1 aromatic heterocycles. The Balaban J connectivity index is 1.57. The molecule has 1 N–H and O–H groups in total. The Morgan fingerprint density at radius 3 is 2.47 bits per heavy atom. The Kier molecular flexibility index (Phi) is 6.46. The van der Waals surface area contributed by atoms with Crippen molar-refractivity contribution in [1.29, 1.82) is 0 Å². The van der Waals surface area contributed by atoms with Gasteiger partial charge < -0.3 is 33.2 Å². The number of aliphatic hydroxyl groups is 1. The molecule has 2 bridgehead atoms. The number of esters is 3.